The molecule has 0 atom stereocenters. The number of aromatic nitrogens is 1. The summed E-state index contributed by atoms with van der Waals surface area (Å²) in [6.45, 7) is 0.354. The Morgan fingerprint density at radius 2 is 2.11 bits per heavy atom. The number of nitrogens with zero attached hydrogens (tertiary/aromatic N) is 2. The molecule has 0 bridgehead atoms. The monoisotopic (exact) mass is 264 g/mol. The summed E-state index contributed by atoms with van der Waals surface area (Å²) < 4.78 is 12.8. The maximum atomic E-state index is 12.8. The average Bonchev–Trinajstić information content (AvgIpc) is 2.33. The number of likely N-dealkylation sites (tertiary alicyclic amines) is 1. The van der Waals surface area contributed by atoms with E-state index in [2.05, 4.69) is 4.98 Å². The standard InChI is InChI=1S/C13H10ClFN2O/c14-12-5-4-9-10(2-1-3-11(9)16-12)13(18)17-6-8(15)7-17/h1-5,8H,6-7H2. The number of alkyl halides is 1. The molecule has 0 spiro atoms. The minimum Gasteiger partial charge on any atom is -0.333 e. The first kappa shape index (κ1) is 11.4. The maximum Gasteiger partial charge on any atom is 0.254 e. The van der Waals surface area contributed by atoms with Gasteiger partial charge < -0.3 is 4.90 Å². The first-order chi connectivity index (χ1) is 8.65. The van der Waals surface area contributed by atoms with Gasteiger partial charge in [-0.25, -0.2) is 9.37 Å². The fourth-order valence-corrected chi connectivity index (χ4v) is 2.23. The number of hydrogen-bond acceptors (Lipinski definition) is 2. The predicted octanol–water partition coefficient (Wildman–Crippen LogP) is 2.68. The fraction of sp³-hybridized carbons (Fsp3) is 0.231. The van der Waals surface area contributed by atoms with Crippen LogP contribution in [0.1, 0.15) is 10.4 Å². The summed E-state index contributed by atoms with van der Waals surface area (Å²) in [6.07, 6.45) is -0.892. The Balaban J connectivity index is 2.04. The molecular formula is C13H10ClFN2O. The Hall–Kier alpha value is -1.68. The van der Waals surface area contributed by atoms with Gasteiger partial charge in [-0.3, -0.25) is 4.79 Å². The lowest BCUT2D eigenvalue weighted by Crippen LogP contribution is -2.51. The van der Waals surface area contributed by atoms with E-state index in [1.165, 1.54) is 4.90 Å². The molecule has 2 aromatic rings. The zero-order valence-corrected chi connectivity index (χ0v) is 10.2. The van der Waals surface area contributed by atoms with Crippen molar-refractivity contribution in [1.29, 1.82) is 0 Å². The topological polar surface area (TPSA) is 33.2 Å². The summed E-state index contributed by atoms with van der Waals surface area (Å²) in [5.41, 5.74) is 1.22. The molecule has 0 radical (unpaired) electrons. The van der Waals surface area contributed by atoms with E-state index in [-0.39, 0.29) is 19.0 Å². The van der Waals surface area contributed by atoms with Gasteiger partial charge in [0.1, 0.15) is 11.3 Å². The molecule has 1 aliphatic heterocycles. The van der Waals surface area contributed by atoms with Crippen molar-refractivity contribution < 1.29 is 9.18 Å². The molecule has 1 saturated heterocycles. The SMILES string of the molecule is O=C(c1cccc2nc(Cl)ccc12)N1CC(F)C1. The summed E-state index contributed by atoms with van der Waals surface area (Å²) in [7, 11) is 0. The number of carbonyl (C=O) groups is 1. The van der Waals surface area contributed by atoms with E-state index in [0.29, 0.717) is 16.2 Å². The van der Waals surface area contributed by atoms with Crippen LogP contribution in [-0.2, 0) is 0 Å². The van der Waals surface area contributed by atoms with Gasteiger partial charge in [-0.15, -0.1) is 0 Å². The highest BCUT2D eigenvalue weighted by Gasteiger charge is 2.31. The number of benzene rings is 1. The Morgan fingerprint density at radius 1 is 1.33 bits per heavy atom. The maximum absolute atomic E-state index is 12.8. The molecule has 18 heavy (non-hydrogen) atoms. The largest absolute Gasteiger partial charge is 0.333 e. The second-order valence-corrected chi connectivity index (χ2v) is 4.70. The minimum atomic E-state index is -0.892. The van der Waals surface area contributed by atoms with Crippen LogP contribution in [0.4, 0.5) is 4.39 Å². The van der Waals surface area contributed by atoms with Crippen LogP contribution in [0.15, 0.2) is 30.3 Å². The van der Waals surface area contributed by atoms with Crippen LogP contribution in [0.3, 0.4) is 0 Å². The van der Waals surface area contributed by atoms with E-state index in [1.807, 2.05) is 0 Å². The van der Waals surface area contributed by atoms with Crippen molar-refractivity contribution in [3.8, 4) is 0 Å². The fourth-order valence-electron chi connectivity index (χ4n) is 2.08. The summed E-state index contributed by atoms with van der Waals surface area (Å²) in [4.78, 5) is 17.8. The van der Waals surface area contributed by atoms with E-state index in [1.54, 1.807) is 30.3 Å². The second-order valence-electron chi connectivity index (χ2n) is 4.31. The van der Waals surface area contributed by atoms with Gasteiger partial charge >= 0.3 is 0 Å². The van der Waals surface area contributed by atoms with E-state index >= 15 is 0 Å². The Bertz CT molecular complexity index is 625. The molecule has 2 heterocycles. The van der Waals surface area contributed by atoms with E-state index in [0.717, 1.165) is 5.39 Å². The van der Waals surface area contributed by atoms with Gasteiger partial charge in [0, 0.05) is 10.9 Å². The molecule has 0 saturated carbocycles. The molecule has 1 fully saturated rings. The third-order valence-electron chi connectivity index (χ3n) is 3.05. The number of halogens is 2. The van der Waals surface area contributed by atoms with Crippen molar-refractivity contribution in [3.63, 3.8) is 0 Å². The van der Waals surface area contributed by atoms with Crippen molar-refractivity contribution in [3.05, 3.63) is 41.0 Å². The molecular weight excluding hydrogens is 255 g/mol. The lowest BCUT2D eigenvalue weighted by atomic mass is 10.0. The zero-order chi connectivity index (χ0) is 12.7. The molecule has 0 N–H and O–H groups in total. The molecule has 5 heteroatoms. The number of hydrogen-bond donors (Lipinski definition) is 0. The van der Waals surface area contributed by atoms with Gasteiger partial charge in [0.05, 0.1) is 18.6 Å². The van der Waals surface area contributed by atoms with Gasteiger partial charge in [-0.05, 0) is 24.3 Å². The molecule has 0 unspecified atom stereocenters. The van der Waals surface area contributed by atoms with Crippen molar-refractivity contribution in [2.75, 3.05) is 13.1 Å². The first-order valence-corrected chi connectivity index (χ1v) is 6.01. The van der Waals surface area contributed by atoms with Crippen molar-refractivity contribution in [1.82, 2.24) is 9.88 Å². The molecule has 0 aliphatic carbocycles. The molecule has 1 aromatic heterocycles. The number of amides is 1. The molecule has 1 aliphatic rings. The zero-order valence-electron chi connectivity index (χ0n) is 9.44. The molecule has 3 rings (SSSR count). The van der Waals surface area contributed by atoms with Crippen LogP contribution in [0, 0.1) is 0 Å². The predicted molar refractivity (Wildman–Crippen MR) is 67.6 cm³/mol. The van der Waals surface area contributed by atoms with Gasteiger partial charge in [0.2, 0.25) is 0 Å². The number of rotatable bonds is 1. The van der Waals surface area contributed by atoms with Crippen molar-refractivity contribution >= 4 is 28.4 Å². The third kappa shape index (κ3) is 1.82. The normalized spacial score (nSPS) is 15.8. The third-order valence-corrected chi connectivity index (χ3v) is 3.26. The van der Waals surface area contributed by atoms with E-state index < -0.39 is 6.17 Å². The van der Waals surface area contributed by atoms with Crippen LogP contribution in [0.2, 0.25) is 5.15 Å². The highest BCUT2D eigenvalue weighted by Crippen LogP contribution is 2.23. The minimum absolute atomic E-state index is 0.154. The van der Waals surface area contributed by atoms with Crippen LogP contribution >= 0.6 is 11.6 Å². The van der Waals surface area contributed by atoms with Gasteiger partial charge in [0.15, 0.2) is 0 Å². The smallest absolute Gasteiger partial charge is 0.254 e. The lowest BCUT2D eigenvalue weighted by molar-refractivity contribution is 0.0402. The lowest BCUT2D eigenvalue weighted by Gasteiger charge is -2.34. The highest BCUT2D eigenvalue weighted by molar-refractivity contribution is 6.29. The summed E-state index contributed by atoms with van der Waals surface area (Å²) >= 11 is 5.81. The molecule has 3 nitrogen and oxygen atoms in total. The van der Waals surface area contributed by atoms with E-state index in [4.69, 9.17) is 11.6 Å². The Labute approximate surface area is 108 Å². The molecule has 1 aromatic carbocycles. The van der Waals surface area contributed by atoms with Gasteiger partial charge in [-0.1, -0.05) is 17.7 Å². The van der Waals surface area contributed by atoms with Gasteiger partial charge in [0.25, 0.3) is 5.91 Å². The van der Waals surface area contributed by atoms with Crippen LogP contribution in [-0.4, -0.2) is 35.1 Å². The number of fused-ring (bicyclic) bond motifs is 1. The molecule has 1 amide bonds. The summed E-state index contributed by atoms with van der Waals surface area (Å²) in [5.74, 6) is -0.154. The first-order valence-electron chi connectivity index (χ1n) is 5.64. The van der Waals surface area contributed by atoms with Crippen molar-refractivity contribution in [2.45, 2.75) is 6.17 Å². The summed E-state index contributed by atoms with van der Waals surface area (Å²) in [6, 6.07) is 8.70. The van der Waals surface area contributed by atoms with Gasteiger partial charge in [-0.2, -0.15) is 0 Å². The summed E-state index contributed by atoms with van der Waals surface area (Å²) in [5, 5.41) is 1.13. The molecule has 92 valence electrons. The van der Waals surface area contributed by atoms with E-state index in [9.17, 15) is 9.18 Å². The van der Waals surface area contributed by atoms with Crippen LogP contribution < -0.4 is 0 Å². The quantitative estimate of drug-likeness (QED) is 0.742. The Morgan fingerprint density at radius 3 is 2.83 bits per heavy atom. The van der Waals surface area contributed by atoms with Crippen molar-refractivity contribution in [2.24, 2.45) is 0 Å². The Kier molecular flexibility index (Phi) is 2.67. The number of pyridine rings is 1. The second kappa shape index (κ2) is 4.21. The van der Waals surface area contributed by atoms with Crippen LogP contribution in [0.25, 0.3) is 10.9 Å². The average molecular weight is 265 g/mol. The van der Waals surface area contributed by atoms with Crippen LogP contribution in [0.5, 0.6) is 0 Å². The highest BCUT2D eigenvalue weighted by atomic mass is 35.5. The number of carbonyl (C=O) groups excluding carboxylic acids is 1.